The number of nitrogens with two attached hydrogens (primary N) is 2. The van der Waals surface area contributed by atoms with E-state index in [2.05, 4.69) is 11.0 Å². The Morgan fingerprint density at radius 3 is 2.00 bits per heavy atom. The van der Waals surface area contributed by atoms with Gasteiger partial charge in [-0.3, -0.25) is 25.5 Å². The summed E-state index contributed by atoms with van der Waals surface area (Å²) in [6.45, 7) is 0.345. The van der Waals surface area contributed by atoms with Gasteiger partial charge in [-0.25, -0.2) is 0 Å². The SMILES string of the molecule is CC(F)(F)C(=O)NP(N)(N)=O. The van der Waals surface area contributed by atoms with Crippen molar-refractivity contribution in [2.45, 2.75) is 12.8 Å². The topological polar surface area (TPSA) is 98.2 Å². The number of carbonyl (C=O) groups is 1. The highest BCUT2D eigenvalue weighted by atomic mass is 31.2. The van der Waals surface area contributed by atoms with Gasteiger partial charge in [0.1, 0.15) is 0 Å². The Morgan fingerprint density at radius 2 is 1.91 bits per heavy atom. The van der Waals surface area contributed by atoms with Crippen LogP contribution in [0.5, 0.6) is 0 Å². The molecule has 0 fully saturated rings. The van der Waals surface area contributed by atoms with Crippen LogP contribution in [-0.2, 0) is 9.36 Å². The first-order valence-corrected chi connectivity index (χ1v) is 4.35. The van der Waals surface area contributed by atoms with Gasteiger partial charge in [-0.15, -0.1) is 0 Å². The lowest BCUT2D eigenvalue weighted by Crippen LogP contribution is -2.39. The molecule has 0 saturated heterocycles. The molecule has 0 radical (unpaired) electrons. The summed E-state index contributed by atoms with van der Waals surface area (Å²) in [7, 11) is -3.90. The summed E-state index contributed by atoms with van der Waals surface area (Å²) in [5.41, 5.74) is 9.20. The van der Waals surface area contributed by atoms with Gasteiger partial charge < -0.3 is 0 Å². The zero-order valence-corrected chi connectivity index (χ0v) is 6.57. The summed E-state index contributed by atoms with van der Waals surface area (Å²) in [6, 6.07) is 0. The summed E-state index contributed by atoms with van der Waals surface area (Å²) in [4.78, 5) is 10.3. The molecule has 8 heteroatoms. The van der Waals surface area contributed by atoms with Crippen molar-refractivity contribution in [2.75, 3.05) is 0 Å². The third-order valence-electron chi connectivity index (χ3n) is 0.675. The van der Waals surface area contributed by atoms with Crippen molar-refractivity contribution in [3.05, 3.63) is 0 Å². The van der Waals surface area contributed by atoms with E-state index in [0.717, 1.165) is 0 Å². The van der Waals surface area contributed by atoms with Crippen molar-refractivity contribution < 1.29 is 18.1 Å². The minimum Gasteiger partial charge on any atom is -0.278 e. The molecule has 0 aliphatic carbocycles. The monoisotopic (exact) mass is 187 g/mol. The summed E-state index contributed by atoms with van der Waals surface area (Å²) < 4.78 is 34.4. The fourth-order valence-corrected chi connectivity index (χ4v) is 0.771. The van der Waals surface area contributed by atoms with E-state index in [1.807, 2.05) is 0 Å². The molecule has 5 N–H and O–H groups in total. The molecule has 0 aliphatic heterocycles. The molecule has 0 unspecified atom stereocenters. The Hall–Kier alpha value is -0.520. The van der Waals surface area contributed by atoms with E-state index >= 15 is 0 Å². The van der Waals surface area contributed by atoms with Gasteiger partial charge in [-0.2, -0.15) is 8.78 Å². The lowest BCUT2D eigenvalue weighted by molar-refractivity contribution is -0.141. The molecule has 0 heterocycles. The van der Waals surface area contributed by atoms with E-state index in [-0.39, 0.29) is 0 Å². The Kier molecular flexibility index (Phi) is 2.71. The molecule has 0 aromatic heterocycles. The van der Waals surface area contributed by atoms with Crippen molar-refractivity contribution in [3.63, 3.8) is 0 Å². The Labute approximate surface area is 61.6 Å². The highest BCUT2D eigenvalue weighted by molar-refractivity contribution is 7.57. The largest absolute Gasteiger partial charge is 0.322 e. The number of alkyl halides is 2. The van der Waals surface area contributed by atoms with Crippen molar-refractivity contribution in [1.82, 2.24) is 5.09 Å². The summed E-state index contributed by atoms with van der Waals surface area (Å²) >= 11 is 0. The van der Waals surface area contributed by atoms with Crippen LogP contribution in [0.25, 0.3) is 0 Å². The van der Waals surface area contributed by atoms with Gasteiger partial charge in [0.15, 0.2) is 0 Å². The molecule has 1 amide bonds. The van der Waals surface area contributed by atoms with Crippen molar-refractivity contribution in [3.8, 4) is 0 Å². The van der Waals surface area contributed by atoms with Gasteiger partial charge in [-0.1, -0.05) is 0 Å². The third kappa shape index (κ3) is 4.83. The van der Waals surface area contributed by atoms with E-state index < -0.39 is 19.4 Å². The van der Waals surface area contributed by atoms with Gasteiger partial charge >= 0.3 is 5.92 Å². The van der Waals surface area contributed by atoms with Gasteiger partial charge in [0, 0.05) is 6.92 Å². The Bertz CT molecular complexity index is 207. The zero-order valence-electron chi connectivity index (χ0n) is 5.67. The predicted molar refractivity (Wildman–Crippen MR) is 34.7 cm³/mol. The number of nitrogens with one attached hydrogen (secondary N) is 1. The van der Waals surface area contributed by atoms with E-state index in [9.17, 15) is 18.1 Å². The minimum absolute atomic E-state index is 0.345. The molecule has 0 aliphatic rings. The zero-order chi connectivity index (χ0) is 9.28. The maximum absolute atomic E-state index is 12.0. The maximum atomic E-state index is 12.0. The lowest BCUT2D eigenvalue weighted by atomic mass is 10.4. The second kappa shape index (κ2) is 2.84. The minimum atomic E-state index is -3.90. The van der Waals surface area contributed by atoms with Crippen molar-refractivity contribution in [1.29, 1.82) is 0 Å². The summed E-state index contributed by atoms with van der Waals surface area (Å²) in [5, 5.41) is 1.28. The average molecular weight is 187 g/mol. The van der Waals surface area contributed by atoms with Gasteiger partial charge in [-0.05, 0) is 0 Å². The Morgan fingerprint density at radius 1 is 1.55 bits per heavy atom. The lowest BCUT2D eigenvalue weighted by Gasteiger charge is -2.12. The number of hydrogen-bond acceptors (Lipinski definition) is 2. The number of carbonyl (C=O) groups excluding carboxylic acids is 1. The van der Waals surface area contributed by atoms with Crippen molar-refractivity contribution in [2.24, 2.45) is 11.0 Å². The van der Waals surface area contributed by atoms with Crippen LogP contribution in [0.2, 0.25) is 0 Å². The van der Waals surface area contributed by atoms with E-state index in [1.165, 1.54) is 5.09 Å². The van der Waals surface area contributed by atoms with Crippen LogP contribution in [0.3, 0.4) is 0 Å². The van der Waals surface area contributed by atoms with E-state index in [1.54, 1.807) is 0 Å². The van der Waals surface area contributed by atoms with Gasteiger partial charge in [0.05, 0.1) is 0 Å². The molecular formula is C3H8F2N3O2P. The second-order valence-electron chi connectivity index (χ2n) is 2.04. The van der Waals surface area contributed by atoms with Gasteiger partial charge in [0.2, 0.25) is 0 Å². The second-order valence-corrected chi connectivity index (χ2v) is 3.68. The van der Waals surface area contributed by atoms with Crippen LogP contribution in [0.15, 0.2) is 0 Å². The molecule has 0 rings (SSSR count). The molecule has 66 valence electrons. The molecule has 0 aromatic rings. The van der Waals surface area contributed by atoms with Gasteiger partial charge in [0.25, 0.3) is 13.5 Å². The first kappa shape index (κ1) is 10.5. The average Bonchev–Trinajstić information content (AvgIpc) is 1.56. The number of rotatable bonds is 2. The Balaban J connectivity index is 4.23. The maximum Gasteiger partial charge on any atom is 0.322 e. The first-order valence-electron chi connectivity index (χ1n) is 2.50. The van der Waals surface area contributed by atoms with Crippen LogP contribution in [-0.4, -0.2) is 11.8 Å². The summed E-state index contributed by atoms with van der Waals surface area (Å²) in [5.74, 6) is -5.36. The molecule has 0 saturated carbocycles. The predicted octanol–water partition coefficient (Wildman–Crippen LogP) is -0.217. The fraction of sp³-hybridized carbons (Fsp3) is 0.667. The van der Waals surface area contributed by atoms with Crippen molar-refractivity contribution >= 4 is 13.5 Å². The number of hydrogen-bond donors (Lipinski definition) is 3. The van der Waals surface area contributed by atoms with Crippen LogP contribution in [0.4, 0.5) is 8.78 Å². The fourth-order valence-electron chi connectivity index (χ4n) is 0.257. The third-order valence-corrected chi connectivity index (χ3v) is 1.23. The molecule has 0 bridgehead atoms. The molecule has 0 atom stereocenters. The first-order chi connectivity index (χ1) is 4.63. The highest BCUT2D eigenvalue weighted by Gasteiger charge is 2.34. The standard InChI is InChI=1S/C3H8F2N3O2P/c1-3(4,5)2(9)8-11(6,7)10/h1H3,(H5,6,7,8,9,10). The normalized spacial score (nSPS) is 12.8. The number of halogens is 2. The summed E-state index contributed by atoms with van der Waals surface area (Å²) in [6.07, 6.45) is 0. The van der Waals surface area contributed by atoms with Crippen LogP contribution in [0.1, 0.15) is 6.92 Å². The van der Waals surface area contributed by atoms with E-state index in [4.69, 9.17) is 0 Å². The van der Waals surface area contributed by atoms with Crippen LogP contribution < -0.4 is 16.1 Å². The number of amides is 1. The van der Waals surface area contributed by atoms with Crippen LogP contribution in [0, 0.1) is 0 Å². The molecule has 11 heavy (non-hydrogen) atoms. The molecule has 5 nitrogen and oxygen atoms in total. The van der Waals surface area contributed by atoms with E-state index in [0.29, 0.717) is 6.92 Å². The van der Waals surface area contributed by atoms with Crippen LogP contribution >= 0.6 is 7.59 Å². The quantitative estimate of drug-likeness (QED) is 0.520. The highest BCUT2D eigenvalue weighted by Crippen LogP contribution is 2.21. The molecular weight excluding hydrogens is 179 g/mol. The molecule has 0 aromatic carbocycles. The smallest absolute Gasteiger partial charge is 0.278 e. The molecule has 0 spiro atoms.